The van der Waals surface area contributed by atoms with Crippen LogP contribution in [0.5, 0.6) is 11.5 Å². The lowest BCUT2D eigenvalue weighted by molar-refractivity contribution is -0.192. The van der Waals surface area contributed by atoms with E-state index in [0.29, 0.717) is 53.6 Å². The van der Waals surface area contributed by atoms with Crippen LogP contribution in [0.15, 0.2) is 65.6 Å². The summed E-state index contributed by atoms with van der Waals surface area (Å²) in [5, 5.41) is 7.46. The van der Waals surface area contributed by atoms with Gasteiger partial charge in [0.25, 0.3) is 15.9 Å². The van der Waals surface area contributed by atoms with Crippen LogP contribution in [0.4, 0.5) is 18.9 Å². The van der Waals surface area contributed by atoms with E-state index in [4.69, 9.17) is 31.0 Å². The first-order valence-corrected chi connectivity index (χ1v) is 19.0. The van der Waals surface area contributed by atoms with Crippen molar-refractivity contribution in [3.63, 3.8) is 0 Å². The van der Waals surface area contributed by atoms with E-state index in [9.17, 15) is 26.4 Å². The third kappa shape index (κ3) is 7.74. The molecule has 0 radical (unpaired) electrons. The topological polar surface area (TPSA) is 137 Å². The number of carboxylic acid groups (broad SMARTS) is 1. The summed E-state index contributed by atoms with van der Waals surface area (Å²) in [7, 11) is 1.97. The Kier molecular flexibility index (Phi) is 12.2. The van der Waals surface area contributed by atoms with Crippen molar-refractivity contribution in [1.82, 2.24) is 14.7 Å². The Morgan fingerprint density at radius 1 is 0.926 bits per heavy atom. The maximum Gasteiger partial charge on any atom is 0.490 e. The molecule has 0 aromatic heterocycles. The number of fused-ring (bicyclic) bond motifs is 1. The van der Waals surface area contributed by atoms with Crippen molar-refractivity contribution in [1.29, 1.82) is 0 Å². The molecule has 3 aliphatic heterocycles. The van der Waals surface area contributed by atoms with Gasteiger partial charge in [0, 0.05) is 43.3 Å². The van der Waals surface area contributed by atoms with Crippen molar-refractivity contribution in [2.45, 2.75) is 61.3 Å². The van der Waals surface area contributed by atoms with Gasteiger partial charge >= 0.3 is 12.1 Å². The van der Waals surface area contributed by atoms with E-state index in [1.165, 1.54) is 37.7 Å². The fraction of sp³-hybridized carbons (Fsp3) is 0.432. The van der Waals surface area contributed by atoms with Crippen LogP contribution in [-0.4, -0.2) is 106 Å². The predicted molar refractivity (Wildman–Crippen MR) is 194 cm³/mol. The van der Waals surface area contributed by atoms with Gasteiger partial charge < -0.3 is 19.5 Å². The number of alkyl halides is 3. The number of methoxy groups -OCH3 is 2. The van der Waals surface area contributed by atoms with Gasteiger partial charge in [-0.3, -0.25) is 19.4 Å². The Morgan fingerprint density at radius 2 is 1.57 bits per heavy atom. The van der Waals surface area contributed by atoms with Crippen LogP contribution in [-0.2, 0) is 36.5 Å². The quantitative estimate of drug-likeness (QED) is 0.296. The molecule has 2 fully saturated rings. The van der Waals surface area contributed by atoms with Gasteiger partial charge in [0.1, 0.15) is 11.5 Å². The monoisotopic (exact) mass is 794 g/mol. The predicted octanol–water partition coefficient (Wildman–Crippen LogP) is 5.51. The van der Waals surface area contributed by atoms with E-state index < -0.39 is 39.7 Å². The van der Waals surface area contributed by atoms with Crippen LogP contribution >= 0.6 is 11.6 Å². The minimum atomic E-state index is -5.08. The second kappa shape index (κ2) is 16.2. The summed E-state index contributed by atoms with van der Waals surface area (Å²) in [6.45, 7) is 2.99. The number of amides is 2. The molecule has 2 amide bonds. The number of rotatable bonds is 9. The van der Waals surface area contributed by atoms with E-state index in [1.54, 1.807) is 44.4 Å². The number of ether oxygens (including phenoxy) is 2. The van der Waals surface area contributed by atoms with Crippen LogP contribution in [0.1, 0.15) is 48.8 Å². The molecule has 0 bridgehead atoms. The van der Waals surface area contributed by atoms with Crippen LogP contribution in [0, 0.1) is 0 Å². The van der Waals surface area contributed by atoms with Gasteiger partial charge in [-0.25, -0.2) is 17.5 Å². The smallest absolute Gasteiger partial charge is 0.490 e. The molecular formula is C37H42ClF3N4O8S. The van der Waals surface area contributed by atoms with Gasteiger partial charge in [0.05, 0.1) is 30.8 Å². The van der Waals surface area contributed by atoms with Crippen molar-refractivity contribution < 1.29 is 50.6 Å². The van der Waals surface area contributed by atoms with Crippen LogP contribution in [0.2, 0.25) is 5.02 Å². The minimum absolute atomic E-state index is 0.0727. The molecule has 2 saturated heterocycles. The Morgan fingerprint density at radius 3 is 2.15 bits per heavy atom. The van der Waals surface area contributed by atoms with Crippen molar-refractivity contribution in [3.8, 4) is 11.5 Å². The molecule has 3 heterocycles. The van der Waals surface area contributed by atoms with E-state index in [2.05, 4.69) is 4.90 Å². The second-order valence-corrected chi connectivity index (χ2v) is 15.6. The first kappa shape index (κ1) is 40.8. The van der Waals surface area contributed by atoms with Crippen LogP contribution in [0.25, 0.3) is 0 Å². The first-order valence-electron chi connectivity index (χ1n) is 17.2. The molecule has 0 saturated carbocycles. The number of sulfonamides is 1. The van der Waals surface area contributed by atoms with E-state index in [0.717, 1.165) is 35.8 Å². The molecule has 2 atom stereocenters. The largest absolute Gasteiger partial charge is 0.497 e. The molecule has 292 valence electrons. The minimum Gasteiger partial charge on any atom is -0.497 e. The summed E-state index contributed by atoms with van der Waals surface area (Å²) in [5.41, 5.74) is 0.273. The highest BCUT2D eigenvalue weighted by Gasteiger charge is 2.63. The molecule has 3 aromatic carbocycles. The number of likely N-dealkylation sites (tertiary alicyclic amines) is 2. The Balaban J connectivity index is 0.000000730. The number of likely N-dealkylation sites (N-methyl/N-ethyl adjacent to an activating group) is 1. The maximum absolute atomic E-state index is 15.5. The zero-order chi connectivity index (χ0) is 39.6. The number of hydrogen-bond acceptors (Lipinski definition) is 9. The number of nitrogens with zero attached hydrogens (tertiary/aromatic N) is 4. The highest BCUT2D eigenvalue weighted by molar-refractivity contribution is 7.93. The molecule has 0 aliphatic carbocycles. The molecule has 54 heavy (non-hydrogen) atoms. The summed E-state index contributed by atoms with van der Waals surface area (Å²) in [5.74, 6) is -2.74. The van der Waals surface area contributed by atoms with Gasteiger partial charge in [-0.2, -0.15) is 13.2 Å². The number of anilines is 1. The highest BCUT2D eigenvalue weighted by atomic mass is 35.5. The summed E-state index contributed by atoms with van der Waals surface area (Å²) in [6.07, 6.45) is -0.497. The SMILES string of the molecule is COc1ccc(S(=O)(=O)N2C(=O)[C@](c3cc(CN4CCCCC4)ccc3OC)(N3CCCC3C(=O)N(C)C)c3cc(Cl)ccc32)cc1.O=C(O)C(F)(F)F. The summed E-state index contributed by atoms with van der Waals surface area (Å²) < 4.78 is 72.9. The average Bonchev–Trinajstić information content (AvgIpc) is 3.72. The lowest BCUT2D eigenvalue weighted by Crippen LogP contribution is -2.59. The fourth-order valence-electron chi connectivity index (χ4n) is 7.37. The highest BCUT2D eigenvalue weighted by Crippen LogP contribution is 2.55. The normalized spacial score (nSPS) is 20.6. The molecular weight excluding hydrogens is 753 g/mol. The number of carbonyl (C=O) groups is 3. The standard InChI is InChI=1S/C35H41ClN4O6S.C2HF3O2/c1-37(2)33(41)31-9-8-20-39(31)35(29-21-24(10-17-32(29)46-4)23-38-18-6-5-7-19-38)28-22-25(36)11-16-30(28)40(34(35)42)47(43,44)27-14-12-26(45-3)13-15-27;3-2(4,5)1(6)7/h10-17,21-22,31H,5-9,18-20,23H2,1-4H3;(H,6,7)/t31?,35-;/m0./s1. The van der Waals surface area contributed by atoms with Crippen LogP contribution in [0.3, 0.4) is 0 Å². The molecule has 1 N–H and O–H groups in total. The average molecular weight is 795 g/mol. The molecule has 12 nitrogen and oxygen atoms in total. The van der Waals surface area contributed by atoms with Crippen molar-refractivity contribution in [3.05, 3.63) is 82.4 Å². The summed E-state index contributed by atoms with van der Waals surface area (Å²) in [4.78, 5) is 43.9. The third-order valence-electron chi connectivity index (χ3n) is 9.82. The molecule has 3 aliphatic rings. The van der Waals surface area contributed by atoms with Crippen molar-refractivity contribution >= 4 is 45.1 Å². The maximum atomic E-state index is 15.5. The van der Waals surface area contributed by atoms with Gasteiger partial charge in [-0.15, -0.1) is 0 Å². The number of hydrogen-bond donors (Lipinski definition) is 1. The molecule has 17 heteroatoms. The van der Waals surface area contributed by atoms with Gasteiger partial charge in [-0.05, 0) is 98.9 Å². The lowest BCUT2D eigenvalue weighted by Gasteiger charge is -2.42. The van der Waals surface area contributed by atoms with E-state index >= 15 is 4.79 Å². The third-order valence-corrected chi connectivity index (χ3v) is 11.8. The van der Waals surface area contributed by atoms with Gasteiger partial charge in [0.15, 0.2) is 5.54 Å². The first-order chi connectivity index (χ1) is 25.5. The number of halogens is 4. The van der Waals surface area contributed by atoms with E-state index in [-0.39, 0.29) is 16.5 Å². The van der Waals surface area contributed by atoms with Crippen LogP contribution < -0.4 is 13.8 Å². The number of piperidine rings is 1. The van der Waals surface area contributed by atoms with Crippen molar-refractivity contribution in [2.75, 3.05) is 52.3 Å². The Labute approximate surface area is 317 Å². The second-order valence-electron chi connectivity index (χ2n) is 13.4. The zero-order valence-electron chi connectivity index (χ0n) is 30.2. The van der Waals surface area contributed by atoms with E-state index in [1.807, 2.05) is 23.1 Å². The van der Waals surface area contributed by atoms with Crippen molar-refractivity contribution in [2.24, 2.45) is 0 Å². The molecule has 0 spiro atoms. The number of benzene rings is 3. The fourth-order valence-corrected chi connectivity index (χ4v) is 9.00. The summed E-state index contributed by atoms with van der Waals surface area (Å²) in [6, 6.07) is 15.8. The Hall–Kier alpha value is -4.38. The molecule has 1 unspecified atom stereocenters. The van der Waals surface area contributed by atoms with Gasteiger partial charge in [-0.1, -0.05) is 24.1 Å². The lowest BCUT2D eigenvalue weighted by atomic mass is 9.80. The number of aliphatic carboxylic acids is 1. The zero-order valence-corrected chi connectivity index (χ0v) is 31.8. The molecule has 3 aromatic rings. The van der Waals surface area contributed by atoms with Gasteiger partial charge in [0.2, 0.25) is 5.91 Å². The molecule has 6 rings (SSSR count). The number of carboxylic acids is 1. The summed E-state index contributed by atoms with van der Waals surface area (Å²) >= 11 is 6.66. The number of carbonyl (C=O) groups excluding carboxylic acids is 2. The Bertz CT molecular complexity index is 1990.